The van der Waals surface area contributed by atoms with Crippen molar-refractivity contribution in [2.45, 2.75) is 13.0 Å². The molecule has 3 aromatic heterocycles. The summed E-state index contributed by atoms with van der Waals surface area (Å²) in [5, 5.41) is 23.6. The number of rotatable bonds is 4. The minimum atomic E-state index is 0.471. The molecule has 1 aromatic carbocycles. The van der Waals surface area contributed by atoms with E-state index in [4.69, 9.17) is 17.3 Å². The average Bonchev–Trinajstić information content (AvgIpc) is 3.26. The predicted octanol–water partition coefficient (Wildman–Crippen LogP) is 2.16. The first kappa shape index (κ1) is 15.0. The van der Waals surface area contributed by atoms with Gasteiger partial charge in [-0.15, -0.1) is 15.3 Å². The predicted molar refractivity (Wildman–Crippen MR) is 92.8 cm³/mol. The fourth-order valence-electron chi connectivity index (χ4n) is 2.54. The highest BCUT2D eigenvalue weighted by Gasteiger charge is 2.16. The number of nitrogens with two attached hydrogens (primary N) is 1. The maximum absolute atomic E-state index is 6.34. The summed E-state index contributed by atoms with van der Waals surface area (Å²) in [7, 11) is 1.88. The molecule has 0 atom stereocenters. The van der Waals surface area contributed by atoms with Gasteiger partial charge in [0.15, 0.2) is 0 Å². The van der Waals surface area contributed by atoms with E-state index in [1.54, 1.807) is 9.36 Å². The Balaban J connectivity index is 1.63. The lowest BCUT2D eigenvalue weighted by atomic mass is 10.2. The van der Waals surface area contributed by atoms with Crippen molar-refractivity contribution in [1.82, 2.24) is 35.0 Å². The first-order valence-electron chi connectivity index (χ1n) is 7.21. The second kappa shape index (κ2) is 5.84. The summed E-state index contributed by atoms with van der Waals surface area (Å²) in [6.07, 6.45) is 2.55. The Morgan fingerprint density at radius 1 is 1.25 bits per heavy atom. The number of fused-ring (bicyclic) bond motifs is 1. The van der Waals surface area contributed by atoms with Gasteiger partial charge in [0.25, 0.3) is 0 Å². The average molecular weight is 361 g/mol. The summed E-state index contributed by atoms with van der Waals surface area (Å²) in [4.78, 5) is 0. The first-order valence-corrected chi connectivity index (χ1v) is 8.41. The number of aromatic nitrogens is 7. The molecule has 0 amide bonds. The Labute approximate surface area is 145 Å². The second-order valence-corrected chi connectivity index (χ2v) is 6.76. The number of nitrogens with zero attached hydrogens (tertiary/aromatic N) is 7. The zero-order valence-corrected chi connectivity index (χ0v) is 14.3. The van der Waals surface area contributed by atoms with Crippen LogP contribution < -0.4 is 5.73 Å². The molecule has 0 aliphatic heterocycles. The molecule has 0 bridgehead atoms. The largest absolute Gasteiger partial charge is 0.374 e. The van der Waals surface area contributed by atoms with E-state index in [9.17, 15) is 0 Å². The Morgan fingerprint density at radius 2 is 2.12 bits per heavy atom. The zero-order valence-electron chi connectivity index (χ0n) is 12.7. The van der Waals surface area contributed by atoms with Gasteiger partial charge in [0, 0.05) is 25.4 Å². The highest BCUT2D eigenvalue weighted by molar-refractivity contribution is 7.15. The normalized spacial score (nSPS) is 11.4. The van der Waals surface area contributed by atoms with Crippen molar-refractivity contribution >= 4 is 39.0 Å². The van der Waals surface area contributed by atoms with Crippen molar-refractivity contribution in [3.63, 3.8) is 0 Å². The van der Waals surface area contributed by atoms with Gasteiger partial charge in [-0.1, -0.05) is 34.2 Å². The molecule has 8 nitrogen and oxygen atoms in total. The van der Waals surface area contributed by atoms with Crippen molar-refractivity contribution in [3.05, 3.63) is 34.4 Å². The minimum absolute atomic E-state index is 0.471. The molecule has 0 spiro atoms. The molecule has 10 heteroatoms. The molecule has 0 saturated carbocycles. The molecule has 0 aliphatic carbocycles. The molecule has 122 valence electrons. The molecular formula is C14H13ClN8S. The van der Waals surface area contributed by atoms with Gasteiger partial charge in [-0.3, -0.25) is 9.36 Å². The lowest BCUT2D eigenvalue weighted by Gasteiger charge is -1.96. The lowest BCUT2D eigenvalue weighted by molar-refractivity contribution is 0.586. The summed E-state index contributed by atoms with van der Waals surface area (Å²) in [6.45, 7) is 0.639. The summed E-state index contributed by atoms with van der Waals surface area (Å²) in [6, 6.07) is 5.72. The van der Waals surface area contributed by atoms with Crippen LogP contribution in [-0.4, -0.2) is 35.0 Å². The number of aryl methyl sites for hydroxylation is 3. The van der Waals surface area contributed by atoms with Gasteiger partial charge in [-0.25, -0.2) is 0 Å². The highest BCUT2D eigenvalue weighted by Crippen LogP contribution is 2.31. The molecule has 2 N–H and O–H groups in total. The number of hydrogen-bond acceptors (Lipinski definition) is 7. The Morgan fingerprint density at radius 3 is 2.92 bits per heavy atom. The van der Waals surface area contributed by atoms with Gasteiger partial charge in [-0.2, -0.15) is 5.10 Å². The number of benzene rings is 1. The van der Waals surface area contributed by atoms with Crippen molar-refractivity contribution < 1.29 is 0 Å². The van der Waals surface area contributed by atoms with E-state index >= 15 is 0 Å². The standard InChI is InChI=1S/C14H13ClN8S/c1-22-10-4-2-3-8(15)12(10)13(20-22)9-7-23(21-17-9)6-5-11-18-19-14(16)24-11/h2-4,7H,5-6H2,1H3,(H2,16,19). The van der Waals surface area contributed by atoms with Crippen LogP contribution in [0.2, 0.25) is 5.02 Å². The number of anilines is 1. The van der Waals surface area contributed by atoms with E-state index in [-0.39, 0.29) is 0 Å². The number of halogens is 1. The molecule has 0 fully saturated rings. The van der Waals surface area contributed by atoms with Crippen LogP contribution in [0.15, 0.2) is 24.4 Å². The van der Waals surface area contributed by atoms with Gasteiger partial charge in [0.1, 0.15) is 16.4 Å². The Bertz CT molecular complexity index is 1020. The molecule has 0 unspecified atom stereocenters. The van der Waals surface area contributed by atoms with Crippen molar-refractivity contribution in [1.29, 1.82) is 0 Å². The van der Waals surface area contributed by atoms with Gasteiger partial charge in [0.2, 0.25) is 5.13 Å². The maximum Gasteiger partial charge on any atom is 0.203 e. The van der Waals surface area contributed by atoms with E-state index in [1.807, 2.05) is 31.4 Å². The Kier molecular flexibility index (Phi) is 3.66. The molecule has 4 aromatic rings. The molecule has 0 radical (unpaired) electrons. The molecule has 24 heavy (non-hydrogen) atoms. The smallest absolute Gasteiger partial charge is 0.203 e. The second-order valence-electron chi connectivity index (χ2n) is 5.26. The third-order valence-corrected chi connectivity index (χ3v) is 4.77. The summed E-state index contributed by atoms with van der Waals surface area (Å²) >= 11 is 7.72. The van der Waals surface area contributed by atoms with Crippen LogP contribution in [0.5, 0.6) is 0 Å². The van der Waals surface area contributed by atoms with E-state index in [1.165, 1.54) is 11.3 Å². The van der Waals surface area contributed by atoms with Crippen LogP contribution >= 0.6 is 22.9 Å². The van der Waals surface area contributed by atoms with E-state index in [0.29, 0.717) is 28.8 Å². The van der Waals surface area contributed by atoms with Crippen molar-refractivity contribution in [3.8, 4) is 11.4 Å². The van der Waals surface area contributed by atoms with Crippen molar-refractivity contribution in [2.75, 3.05) is 5.73 Å². The summed E-state index contributed by atoms with van der Waals surface area (Å²) in [5.41, 5.74) is 7.95. The van der Waals surface area contributed by atoms with Gasteiger partial charge >= 0.3 is 0 Å². The summed E-state index contributed by atoms with van der Waals surface area (Å²) < 4.78 is 3.55. The third-order valence-electron chi connectivity index (χ3n) is 3.65. The molecule has 3 heterocycles. The fraction of sp³-hybridized carbons (Fsp3) is 0.214. The van der Waals surface area contributed by atoms with Gasteiger partial charge in [0.05, 0.1) is 16.7 Å². The quantitative estimate of drug-likeness (QED) is 0.598. The molecule has 0 aliphatic rings. The monoisotopic (exact) mass is 360 g/mol. The van der Waals surface area contributed by atoms with Crippen LogP contribution in [0.3, 0.4) is 0 Å². The topological polar surface area (TPSA) is 100 Å². The van der Waals surface area contributed by atoms with E-state index in [2.05, 4.69) is 25.6 Å². The SMILES string of the molecule is Cn1nc(-c2cn(CCc3nnc(N)s3)nn2)c2c(Cl)cccc21. The number of hydrogen-bond donors (Lipinski definition) is 1. The third kappa shape index (κ3) is 2.61. The van der Waals surface area contributed by atoms with Gasteiger partial charge in [-0.05, 0) is 12.1 Å². The minimum Gasteiger partial charge on any atom is -0.374 e. The van der Waals surface area contributed by atoms with Crippen LogP contribution in [0.25, 0.3) is 22.3 Å². The van der Waals surface area contributed by atoms with Gasteiger partial charge < -0.3 is 5.73 Å². The van der Waals surface area contributed by atoms with Crippen LogP contribution in [0.4, 0.5) is 5.13 Å². The Hall–Kier alpha value is -2.52. The molecular weight excluding hydrogens is 348 g/mol. The first-order chi connectivity index (χ1) is 11.6. The summed E-state index contributed by atoms with van der Waals surface area (Å²) in [5.74, 6) is 0. The molecule has 0 saturated heterocycles. The van der Waals surface area contributed by atoms with E-state index in [0.717, 1.165) is 21.6 Å². The fourth-order valence-corrected chi connectivity index (χ4v) is 3.40. The number of nitrogen functional groups attached to an aromatic ring is 1. The van der Waals surface area contributed by atoms with Crippen molar-refractivity contribution in [2.24, 2.45) is 7.05 Å². The zero-order chi connectivity index (χ0) is 16.7. The van der Waals surface area contributed by atoms with Crippen LogP contribution in [-0.2, 0) is 20.0 Å². The van der Waals surface area contributed by atoms with Crippen LogP contribution in [0, 0.1) is 0 Å². The molecule has 4 rings (SSSR count). The van der Waals surface area contributed by atoms with E-state index < -0.39 is 0 Å². The van der Waals surface area contributed by atoms with Crippen LogP contribution in [0.1, 0.15) is 5.01 Å². The maximum atomic E-state index is 6.34. The lowest BCUT2D eigenvalue weighted by Crippen LogP contribution is -2.01. The highest BCUT2D eigenvalue weighted by atomic mass is 35.5.